The van der Waals surface area contributed by atoms with E-state index >= 15 is 0 Å². The maximum absolute atomic E-state index is 14.1. The number of ether oxygens (including phenoxy) is 5. The van der Waals surface area contributed by atoms with Crippen molar-refractivity contribution in [2.24, 2.45) is 0 Å². The largest absolute Gasteiger partial charge is 0.507 e. The topological polar surface area (TPSA) is 326 Å². The van der Waals surface area contributed by atoms with E-state index in [0.29, 0.717) is 6.42 Å². The average molecular weight is 1020 g/mol. The number of nitrogens with one attached hydrogen (secondary N) is 3. The standard InChI is InChI=1S/C50H59N5O18/c1-25(52-47(65)31-13-9-15-54(31)36(59)21-51-46(64)26(2)53-48(66)32-24-70-17-16-55(32)49(67)71-23-28-10-6-5-7-11-28)18-37(72-27(3)57)73-34-20-50(68,35(58)22-56)19-30-39(34)45(63)41-40(43(30)61)42(60)29-12-8-14-33(69-4)38(29)44(41)62/h5-8,10-12,14,25-27,31-32,34,37,56-57,61,63,68H,9,13,15-24H2,1-4H3,(H,51,64)(H,52,65)(H,53,66)/t25?,26-,27?,31-,32?,34-,37?,50-/m0/s1. The molecule has 2 aliphatic heterocycles. The van der Waals surface area contributed by atoms with Gasteiger partial charge in [0.1, 0.15) is 54.2 Å². The Morgan fingerprint density at radius 3 is 2.29 bits per heavy atom. The van der Waals surface area contributed by atoms with Crippen LogP contribution in [0.1, 0.15) is 101 Å². The van der Waals surface area contributed by atoms with Crippen LogP contribution in [0.25, 0.3) is 0 Å². The number of phenolic OH excluding ortho intramolecular Hbond substituents is 2. The fraction of sp³-hybridized carbons (Fsp3) is 0.480. The molecular weight excluding hydrogens is 959 g/mol. The molecule has 0 bridgehead atoms. The summed E-state index contributed by atoms with van der Waals surface area (Å²) in [6, 6.07) is 9.11. The summed E-state index contributed by atoms with van der Waals surface area (Å²) < 4.78 is 28.1. The van der Waals surface area contributed by atoms with Crippen LogP contribution in [-0.4, -0.2) is 171 Å². The second-order valence-corrected chi connectivity index (χ2v) is 18.3. The second-order valence-electron chi connectivity index (χ2n) is 18.3. The molecule has 2 fully saturated rings. The van der Waals surface area contributed by atoms with E-state index in [2.05, 4.69) is 16.0 Å². The first kappa shape index (κ1) is 53.8. The third kappa shape index (κ3) is 11.5. The molecule has 5 amide bonds. The zero-order chi connectivity index (χ0) is 52.9. The molecular formula is C50H59N5O18. The zero-order valence-electron chi connectivity index (χ0n) is 40.6. The van der Waals surface area contributed by atoms with Gasteiger partial charge in [0.25, 0.3) is 0 Å². The van der Waals surface area contributed by atoms with Crippen molar-refractivity contribution in [3.63, 3.8) is 0 Å². The summed E-state index contributed by atoms with van der Waals surface area (Å²) in [5, 5.41) is 63.3. The van der Waals surface area contributed by atoms with E-state index in [-0.39, 0.29) is 73.8 Å². The zero-order valence-corrected chi connectivity index (χ0v) is 40.6. The number of amides is 5. The lowest BCUT2D eigenvalue weighted by Crippen LogP contribution is -2.59. The van der Waals surface area contributed by atoms with Crippen LogP contribution in [-0.2, 0) is 55.9 Å². The fourth-order valence-corrected chi connectivity index (χ4v) is 9.60. The number of morpholine rings is 1. The predicted octanol–water partition coefficient (Wildman–Crippen LogP) is 0.404. The van der Waals surface area contributed by atoms with E-state index in [1.165, 1.54) is 49.0 Å². The van der Waals surface area contributed by atoms with Crippen LogP contribution in [0.4, 0.5) is 4.79 Å². The summed E-state index contributed by atoms with van der Waals surface area (Å²) >= 11 is 0. The smallest absolute Gasteiger partial charge is 0.410 e. The van der Waals surface area contributed by atoms with E-state index in [1.807, 2.05) is 6.07 Å². The molecule has 7 rings (SSSR count). The molecule has 8 N–H and O–H groups in total. The number of benzene rings is 3. The highest BCUT2D eigenvalue weighted by atomic mass is 16.7. The molecule has 23 nitrogen and oxygen atoms in total. The Morgan fingerprint density at radius 2 is 1.59 bits per heavy atom. The second kappa shape index (κ2) is 22.8. The van der Waals surface area contributed by atoms with Crippen LogP contribution < -0.4 is 20.7 Å². The maximum Gasteiger partial charge on any atom is 0.410 e. The van der Waals surface area contributed by atoms with Crippen molar-refractivity contribution in [3.8, 4) is 17.2 Å². The minimum Gasteiger partial charge on any atom is -0.507 e. The molecule has 0 aromatic heterocycles. The lowest BCUT2D eigenvalue weighted by atomic mass is 9.72. The average Bonchev–Trinajstić information content (AvgIpc) is 3.87. The number of fused-ring (bicyclic) bond motifs is 3. The van der Waals surface area contributed by atoms with Crippen molar-refractivity contribution >= 4 is 47.1 Å². The predicted molar refractivity (Wildman–Crippen MR) is 251 cm³/mol. The first-order valence-electron chi connectivity index (χ1n) is 23.7. The number of rotatable bonds is 18. The number of aliphatic hydroxyl groups excluding tert-OH is 2. The number of carbonyl (C=O) groups excluding carboxylic acids is 8. The first-order valence-corrected chi connectivity index (χ1v) is 23.7. The van der Waals surface area contributed by atoms with Crippen molar-refractivity contribution < 1.29 is 87.6 Å². The molecule has 4 aliphatic rings. The minimum atomic E-state index is -2.45. The van der Waals surface area contributed by atoms with Crippen LogP contribution in [0.2, 0.25) is 0 Å². The summed E-state index contributed by atoms with van der Waals surface area (Å²) in [6.07, 6.45) is -6.34. The van der Waals surface area contributed by atoms with E-state index in [9.17, 15) is 63.9 Å². The van der Waals surface area contributed by atoms with Gasteiger partial charge in [-0.25, -0.2) is 4.79 Å². The minimum absolute atomic E-state index is 0.0145. The molecule has 0 spiro atoms. The van der Waals surface area contributed by atoms with Crippen molar-refractivity contribution in [1.82, 2.24) is 25.8 Å². The Hall–Kier alpha value is -7.02. The molecule has 8 atom stereocenters. The van der Waals surface area contributed by atoms with Crippen LogP contribution in [0.5, 0.6) is 17.2 Å². The normalized spacial score (nSPS) is 21.9. The molecule has 2 heterocycles. The molecule has 392 valence electrons. The lowest BCUT2D eigenvalue weighted by molar-refractivity contribution is -0.249. The third-order valence-electron chi connectivity index (χ3n) is 13.3. The van der Waals surface area contributed by atoms with Crippen LogP contribution in [0.15, 0.2) is 48.5 Å². The Balaban J connectivity index is 0.990. The number of ketones is 3. The number of carbonyl (C=O) groups is 8. The number of aliphatic hydroxyl groups is 3. The van der Waals surface area contributed by atoms with Gasteiger partial charge in [-0.1, -0.05) is 42.5 Å². The monoisotopic (exact) mass is 1020 g/mol. The highest BCUT2D eigenvalue weighted by Gasteiger charge is 2.50. The SMILES string of the molecule is COc1cccc2c1C(=O)c1c(O)c3c(c(O)c1C2=O)C[C@@](O)(C(=O)CO)C[C@@H]3OC(CC(C)NC(=O)[C@@H]1CCCN1C(=O)CNC(=O)[C@H](C)NC(=O)C1COCCN1C(=O)OCc1ccccc1)OC(C)O. The summed E-state index contributed by atoms with van der Waals surface area (Å²) in [5.74, 6) is -7.04. The number of nitrogens with zero attached hydrogens (tertiary/aromatic N) is 2. The van der Waals surface area contributed by atoms with E-state index in [1.54, 1.807) is 31.2 Å². The Bertz CT molecular complexity index is 2650. The summed E-state index contributed by atoms with van der Waals surface area (Å²) in [6.45, 7) is 2.79. The highest BCUT2D eigenvalue weighted by molar-refractivity contribution is 6.31. The van der Waals surface area contributed by atoms with Crippen molar-refractivity contribution in [2.75, 3.05) is 46.6 Å². The van der Waals surface area contributed by atoms with Gasteiger partial charge >= 0.3 is 6.09 Å². The van der Waals surface area contributed by atoms with Gasteiger partial charge in [-0.2, -0.15) is 0 Å². The Kier molecular flexibility index (Phi) is 16.8. The molecule has 2 aliphatic carbocycles. The number of likely N-dealkylation sites (tertiary alicyclic amines) is 1. The Morgan fingerprint density at radius 1 is 0.877 bits per heavy atom. The number of hydrogen-bond donors (Lipinski definition) is 8. The van der Waals surface area contributed by atoms with Gasteiger partial charge in [-0.15, -0.1) is 0 Å². The van der Waals surface area contributed by atoms with Crippen LogP contribution in [0, 0.1) is 0 Å². The van der Waals surface area contributed by atoms with Crippen molar-refractivity contribution in [1.29, 1.82) is 0 Å². The van der Waals surface area contributed by atoms with Gasteiger partial charge < -0.3 is 70.1 Å². The van der Waals surface area contributed by atoms with Crippen LogP contribution >= 0.6 is 0 Å². The maximum atomic E-state index is 14.1. The lowest BCUT2D eigenvalue weighted by Gasteiger charge is -2.40. The fourth-order valence-electron chi connectivity index (χ4n) is 9.60. The number of phenols is 2. The van der Waals surface area contributed by atoms with E-state index in [4.69, 9.17) is 23.7 Å². The molecule has 2 saturated heterocycles. The molecule has 23 heteroatoms. The molecule has 73 heavy (non-hydrogen) atoms. The quantitative estimate of drug-likeness (QED) is 0.0494. The van der Waals surface area contributed by atoms with E-state index < -0.39 is 144 Å². The van der Waals surface area contributed by atoms with Gasteiger partial charge in [-0.05, 0) is 45.2 Å². The third-order valence-corrected chi connectivity index (χ3v) is 13.3. The van der Waals surface area contributed by atoms with Gasteiger partial charge in [0.2, 0.25) is 29.4 Å². The number of Topliss-reactive ketones (excluding diaryl/α,β-unsaturated/α-hetero) is 1. The summed E-state index contributed by atoms with van der Waals surface area (Å²) in [7, 11) is 1.28. The number of hydrogen-bond acceptors (Lipinski definition) is 18. The number of methoxy groups -OCH3 is 1. The molecule has 4 unspecified atom stereocenters. The van der Waals surface area contributed by atoms with Gasteiger partial charge in [0.05, 0.1) is 49.7 Å². The van der Waals surface area contributed by atoms with Crippen LogP contribution in [0.3, 0.4) is 0 Å². The van der Waals surface area contributed by atoms with Crippen molar-refractivity contribution in [3.05, 3.63) is 87.5 Å². The summed E-state index contributed by atoms with van der Waals surface area (Å²) in [4.78, 5) is 110. The molecule has 0 saturated carbocycles. The van der Waals surface area contributed by atoms with E-state index in [0.717, 1.165) is 5.56 Å². The summed E-state index contributed by atoms with van der Waals surface area (Å²) in [5.41, 5.74) is -3.80. The van der Waals surface area contributed by atoms with Gasteiger partial charge in [-0.3, -0.25) is 38.5 Å². The van der Waals surface area contributed by atoms with Gasteiger partial charge in [0.15, 0.2) is 24.1 Å². The highest BCUT2D eigenvalue weighted by Crippen LogP contribution is 2.52. The molecule has 3 aromatic rings. The molecule has 0 radical (unpaired) electrons. The van der Waals surface area contributed by atoms with Gasteiger partial charge in [0, 0.05) is 55.1 Å². The Labute approximate surface area is 418 Å². The molecule has 3 aromatic carbocycles. The van der Waals surface area contributed by atoms with Crippen molar-refractivity contribution in [2.45, 2.75) is 108 Å². The number of aromatic hydroxyl groups is 2. The first-order chi connectivity index (χ1) is 34.8.